The van der Waals surface area contributed by atoms with Gasteiger partial charge >= 0.3 is 6.09 Å². The average Bonchev–Trinajstić information content (AvgIpc) is 3.26. The highest BCUT2D eigenvalue weighted by Crippen LogP contribution is 2.40. The number of unbranched alkanes of at least 4 members (excludes halogenated alkanes) is 1. The summed E-state index contributed by atoms with van der Waals surface area (Å²) in [5, 5.41) is 17.0. The minimum absolute atomic E-state index is 0.226. The molecular formula is C30H41N3O5S2. The number of hydrogen-bond acceptors (Lipinski definition) is 7. The Hall–Kier alpha value is -2.69. The smallest absolute Gasteiger partial charge is 0.407 e. The topological polar surface area (TPSA) is 108 Å². The SMILES string of the molecule is CSCCCCOC(=O)N[C@@H](Cc1ccccc1)[C@H](O)C(=O)N1CSC(C)(C)[C@H]1C(=O)NCc1ccccc1C. The van der Waals surface area contributed by atoms with E-state index in [1.807, 2.05) is 81.6 Å². The van der Waals surface area contributed by atoms with Crippen LogP contribution in [0.1, 0.15) is 43.4 Å². The molecule has 1 aliphatic rings. The minimum Gasteiger partial charge on any atom is -0.450 e. The Morgan fingerprint density at radius 2 is 1.82 bits per heavy atom. The van der Waals surface area contributed by atoms with Crippen LogP contribution in [0.25, 0.3) is 0 Å². The molecule has 3 rings (SSSR count). The number of amides is 3. The molecule has 40 heavy (non-hydrogen) atoms. The zero-order chi connectivity index (χ0) is 29.1. The molecule has 1 fully saturated rings. The second-order valence-electron chi connectivity index (χ2n) is 10.5. The van der Waals surface area contributed by atoms with Crippen LogP contribution >= 0.6 is 23.5 Å². The average molecular weight is 588 g/mol. The highest BCUT2D eigenvalue weighted by molar-refractivity contribution is 8.00. The van der Waals surface area contributed by atoms with E-state index in [9.17, 15) is 19.5 Å². The summed E-state index contributed by atoms with van der Waals surface area (Å²) < 4.78 is 4.76. The molecule has 2 aromatic carbocycles. The molecule has 0 unspecified atom stereocenters. The molecule has 3 amide bonds. The van der Waals surface area contributed by atoms with Gasteiger partial charge in [0.2, 0.25) is 5.91 Å². The van der Waals surface area contributed by atoms with Gasteiger partial charge in [-0.15, -0.1) is 11.8 Å². The molecule has 0 aliphatic carbocycles. The van der Waals surface area contributed by atoms with Gasteiger partial charge in [-0.2, -0.15) is 11.8 Å². The van der Waals surface area contributed by atoms with Crippen molar-refractivity contribution in [1.82, 2.24) is 15.5 Å². The van der Waals surface area contributed by atoms with E-state index in [1.165, 1.54) is 16.7 Å². The number of aliphatic hydroxyl groups excluding tert-OH is 1. The van der Waals surface area contributed by atoms with E-state index >= 15 is 0 Å². The molecule has 1 aliphatic heterocycles. The Balaban J connectivity index is 1.72. The van der Waals surface area contributed by atoms with Gasteiger partial charge in [0.25, 0.3) is 5.91 Å². The predicted molar refractivity (Wildman–Crippen MR) is 162 cm³/mol. The Morgan fingerprint density at radius 1 is 1.12 bits per heavy atom. The number of carbonyl (C=O) groups is 3. The summed E-state index contributed by atoms with van der Waals surface area (Å²) in [7, 11) is 0. The van der Waals surface area contributed by atoms with Crippen LogP contribution in [0.3, 0.4) is 0 Å². The van der Waals surface area contributed by atoms with Gasteiger partial charge in [0.05, 0.1) is 18.5 Å². The summed E-state index contributed by atoms with van der Waals surface area (Å²) in [4.78, 5) is 41.2. The monoisotopic (exact) mass is 587 g/mol. The molecule has 218 valence electrons. The number of alkyl carbamates (subject to hydrolysis) is 1. The molecular weight excluding hydrogens is 546 g/mol. The highest BCUT2D eigenvalue weighted by Gasteiger charge is 2.49. The Kier molecular flexibility index (Phi) is 12.2. The standard InChI is InChI=1S/C30H41N3O5S2/c1-21-12-8-9-15-23(21)19-31-27(35)26-30(2,3)40-20-33(26)28(36)25(34)24(18-22-13-6-5-7-14-22)32-29(37)38-16-10-11-17-39-4/h5-9,12-15,24-26,34H,10-11,16-20H2,1-4H3,(H,31,35)(H,32,37)/t24-,25-,26+/m0/s1. The summed E-state index contributed by atoms with van der Waals surface area (Å²) >= 11 is 3.22. The molecule has 0 spiro atoms. The van der Waals surface area contributed by atoms with Gasteiger partial charge in [-0.1, -0.05) is 54.6 Å². The molecule has 3 atom stereocenters. The van der Waals surface area contributed by atoms with E-state index in [2.05, 4.69) is 10.6 Å². The van der Waals surface area contributed by atoms with Crippen molar-refractivity contribution < 1.29 is 24.2 Å². The molecule has 0 bridgehead atoms. The number of aliphatic hydroxyl groups is 1. The summed E-state index contributed by atoms with van der Waals surface area (Å²) in [6.07, 6.45) is 1.67. The first-order valence-electron chi connectivity index (χ1n) is 13.5. The van der Waals surface area contributed by atoms with Crippen LogP contribution in [-0.2, 0) is 27.3 Å². The number of aryl methyl sites for hydroxylation is 1. The van der Waals surface area contributed by atoms with Crippen LogP contribution in [-0.4, -0.2) is 75.3 Å². The maximum absolute atomic E-state index is 13.7. The first kappa shape index (κ1) is 31.8. The Morgan fingerprint density at radius 3 is 2.52 bits per heavy atom. The Labute approximate surface area is 246 Å². The molecule has 1 heterocycles. The van der Waals surface area contributed by atoms with Crippen molar-refractivity contribution in [2.45, 2.75) is 69.5 Å². The second kappa shape index (κ2) is 15.3. The molecule has 8 nitrogen and oxygen atoms in total. The van der Waals surface area contributed by atoms with Gasteiger partial charge in [0.1, 0.15) is 6.04 Å². The van der Waals surface area contributed by atoms with Crippen LogP contribution in [0.2, 0.25) is 0 Å². The van der Waals surface area contributed by atoms with E-state index in [0.29, 0.717) is 6.54 Å². The second-order valence-corrected chi connectivity index (χ2v) is 13.0. The van der Waals surface area contributed by atoms with Gasteiger partial charge in [0, 0.05) is 11.3 Å². The quantitative estimate of drug-likeness (QED) is 0.303. The molecule has 3 N–H and O–H groups in total. The summed E-state index contributed by atoms with van der Waals surface area (Å²) in [5.74, 6) is 0.355. The zero-order valence-corrected chi connectivity index (χ0v) is 25.4. The van der Waals surface area contributed by atoms with Crippen LogP contribution in [0.15, 0.2) is 54.6 Å². The third-order valence-electron chi connectivity index (χ3n) is 7.00. The lowest BCUT2D eigenvalue weighted by Gasteiger charge is -2.33. The third kappa shape index (κ3) is 8.91. The minimum atomic E-state index is -1.56. The highest BCUT2D eigenvalue weighted by atomic mass is 32.2. The zero-order valence-electron chi connectivity index (χ0n) is 23.7. The lowest BCUT2D eigenvalue weighted by Crippen LogP contribution is -2.58. The van der Waals surface area contributed by atoms with E-state index in [0.717, 1.165) is 35.3 Å². The van der Waals surface area contributed by atoms with Gasteiger partial charge < -0.3 is 25.4 Å². The number of rotatable bonds is 13. The fraction of sp³-hybridized carbons (Fsp3) is 0.500. The van der Waals surface area contributed by atoms with E-state index in [-0.39, 0.29) is 24.8 Å². The van der Waals surface area contributed by atoms with Crippen LogP contribution in [0, 0.1) is 6.92 Å². The fourth-order valence-electron chi connectivity index (χ4n) is 4.66. The van der Waals surface area contributed by atoms with Crippen LogP contribution < -0.4 is 10.6 Å². The van der Waals surface area contributed by atoms with E-state index < -0.39 is 34.9 Å². The summed E-state index contributed by atoms with van der Waals surface area (Å²) in [6, 6.07) is 15.4. The maximum Gasteiger partial charge on any atom is 0.407 e. The van der Waals surface area contributed by atoms with E-state index in [1.54, 1.807) is 11.8 Å². The lowest BCUT2D eigenvalue weighted by atomic mass is 9.97. The van der Waals surface area contributed by atoms with Crippen molar-refractivity contribution in [3.05, 3.63) is 71.3 Å². The number of carbonyl (C=O) groups excluding carboxylic acids is 3. The number of hydrogen-bond donors (Lipinski definition) is 3. The molecule has 0 aromatic heterocycles. The number of thioether (sulfide) groups is 2. The molecule has 10 heteroatoms. The number of nitrogens with one attached hydrogen (secondary N) is 2. The molecule has 0 radical (unpaired) electrons. The van der Waals surface area contributed by atoms with Gasteiger partial charge in [-0.3, -0.25) is 9.59 Å². The normalized spacial score (nSPS) is 17.6. The summed E-state index contributed by atoms with van der Waals surface area (Å²) in [6.45, 7) is 6.42. The molecule has 0 saturated carbocycles. The molecule has 1 saturated heterocycles. The maximum atomic E-state index is 13.7. The number of ether oxygens (including phenoxy) is 1. The molecule has 2 aromatic rings. The first-order valence-corrected chi connectivity index (χ1v) is 15.9. The van der Waals surface area contributed by atoms with Crippen LogP contribution in [0.5, 0.6) is 0 Å². The van der Waals surface area contributed by atoms with Crippen molar-refractivity contribution >= 4 is 41.4 Å². The van der Waals surface area contributed by atoms with Crippen molar-refractivity contribution in [3.63, 3.8) is 0 Å². The van der Waals surface area contributed by atoms with Crippen molar-refractivity contribution in [3.8, 4) is 0 Å². The Bertz CT molecular complexity index is 1130. The van der Waals surface area contributed by atoms with Gasteiger partial charge in [-0.25, -0.2) is 4.79 Å². The van der Waals surface area contributed by atoms with Gasteiger partial charge in [0.15, 0.2) is 6.10 Å². The van der Waals surface area contributed by atoms with Crippen molar-refractivity contribution in [2.75, 3.05) is 24.5 Å². The van der Waals surface area contributed by atoms with Crippen LogP contribution in [0.4, 0.5) is 4.79 Å². The fourth-order valence-corrected chi connectivity index (χ4v) is 6.29. The van der Waals surface area contributed by atoms with Crippen molar-refractivity contribution in [1.29, 1.82) is 0 Å². The van der Waals surface area contributed by atoms with Crippen molar-refractivity contribution in [2.24, 2.45) is 0 Å². The number of nitrogens with zero attached hydrogens (tertiary/aromatic N) is 1. The largest absolute Gasteiger partial charge is 0.450 e. The predicted octanol–water partition coefficient (Wildman–Crippen LogP) is 4.13. The van der Waals surface area contributed by atoms with E-state index in [4.69, 9.17) is 4.74 Å². The summed E-state index contributed by atoms with van der Waals surface area (Å²) in [5.41, 5.74) is 2.91. The number of benzene rings is 2. The first-order chi connectivity index (χ1) is 19.1. The van der Waals surface area contributed by atoms with Gasteiger partial charge in [-0.05, 0) is 68.7 Å². The lowest BCUT2D eigenvalue weighted by molar-refractivity contribution is -0.147. The third-order valence-corrected chi connectivity index (χ3v) is 9.07.